The maximum absolute atomic E-state index is 5.83. The zero-order valence-electron chi connectivity index (χ0n) is 5.17. The summed E-state index contributed by atoms with van der Waals surface area (Å²) in [6, 6.07) is 3.62. The molecule has 11 heavy (non-hydrogen) atoms. The van der Waals surface area contributed by atoms with Gasteiger partial charge in [0.25, 0.3) is 0 Å². The van der Waals surface area contributed by atoms with E-state index in [0.29, 0.717) is 10.7 Å². The van der Waals surface area contributed by atoms with Gasteiger partial charge in [0.15, 0.2) is 0 Å². The number of anilines is 1. The highest BCUT2D eigenvalue weighted by molar-refractivity contribution is 9.11. The number of benzene rings is 1. The van der Waals surface area contributed by atoms with Crippen LogP contribution < -0.4 is 4.84 Å². The second-order valence-corrected chi connectivity index (χ2v) is 4.21. The molecule has 0 heterocycles. The molecule has 0 unspecified atom stereocenters. The maximum atomic E-state index is 5.83. The van der Waals surface area contributed by atoms with Gasteiger partial charge in [-0.15, -0.1) is 0 Å². The SMILES string of the molecule is ClNc1c(Cl)cc(Br)cc1Br. The lowest BCUT2D eigenvalue weighted by atomic mass is 10.3. The van der Waals surface area contributed by atoms with Gasteiger partial charge in [-0.3, -0.25) is 4.84 Å². The van der Waals surface area contributed by atoms with Crippen molar-refractivity contribution in [3.8, 4) is 0 Å². The lowest BCUT2D eigenvalue weighted by Gasteiger charge is -2.04. The second kappa shape index (κ2) is 3.99. The maximum Gasteiger partial charge on any atom is 0.0820 e. The van der Waals surface area contributed by atoms with Crippen molar-refractivity contribution in [2.75, 3.05) is 4.84 Å². The van der Waals surface area contributed by atoms with Crippen LogP contribution in [-0.4, -0.2) is 0 Å². The Hall–Kier alpha value is 0.560. The average Bonchev–Trinajstić information content (AvgIpc) is 1.85. The molecule has 0 saturated heterocycles. The highest BCUT2D eigenvalue weighted by Crippen LogP contribution is 2.34. The second-order valence-electron chi connectivity index (χ2n) is 1.84. The number of halogens is 4. The van der Waals surface area contributed by atoms with E-state index in [2.05, 4.69) is 36.7 Å². The van der Waals surface area contributed by atoms with E-state index in [0.717, 1.165) is 8.95 Å². The van der Waals surface area contributed by atoms with Gasteiger partial charge in [0.05, 0.1) is 10.7 Å². The first-order valence-electron chi connectivity index (χ1n) is 2.66. The van der Waals surface area contributed by atoms with Gasteiger partial charge < -0.3 is 0 Å². The first kappa shape index (κ1) is 9.65. The molecule has 1 aromatic carbocycles. The van der Waals surface area contributed by atoms with Crippen LogP contribution in [0, 0.1) is 0 Å². The fourth-order valence-electron chi connectivity index (χ4n) is 0.632. The Morgan fingerprint density at radius 3 is 2.36 bits per heavy atom. The summed E-state index contributed by atoms with van der Waals surface area (Å²) < 4.78 is 1.73. The molecule has 60 valence electrons. The van der Waals surface area contributed by atoms with Crippen LogP contribution in [0.25, 0.3) is 0 Å². The van der Waals surface area contributed by atoms with Crippen LogP contribution in [-0.2, 0) is 0 Å². The molecule has 0 fully saturated rings. The van der Waals surface area contributed by atoms with Gasteiger partial charge >= 0.3 is 0 Å². The standard InChI is InChI=1S/C6H3Br2Cl2N/c7-3-1-4(8)6(11-10)5(9)2-3/h1-2,11H. The number of nitrogens with one attached hydrogen (secondary N) is 1. The molecule has 1 nitrogen and oxygen atoms in total. The van der Waals surface area contributed by atoms with Gasteiger partial charge in [0.1, 0.15) is 0 Å². The third-order valence-electron chi connectivity index (χ3n) is 1.10. The van der Waals surface area contributed by atoms with Crippen molar-refractivity contribution in [3.63, 3.8) is 0 Å². The highest BCUT2D eigenvalue weighted by Gasteiger charge is 2.04. The summed E-state index contributed by atoms with van der Waals surface area (Å²) in [7, 11) is 0. The van der Waals surface area contributed by atoms with Crippen LogP contribution in [0.4, 0.5) is 5.69 Å². The third kappa shape index (κ3) is 2.25. The van der Waals surface area contributed by atoms with E-state index < -0.39 is 0 Å². The third-order valence-corrected chi connectivity index (χ3v) is 2.67. The molecule has 0 aliphatic rings. The Labute approximate surface area is 91.4 Å². The molecule has 0 radical (unpaired) electrons. The Morgan fingerprint density at radius 1 is 1.27 bits per heavy atom. The van der Waals surface area contributed by atoms with E-state index in [9.17, 15) is 0 Å². The molecule has 0 bridgehead atoms. The van der Waals surface area contributed by atoms with Crippen molar-refractivity contribution in [2.45, 2.75) is 0 Å². The van der Waals surface area contributed by atoms with E-state index >= 15 is 0 Å². The fourth-order valence-corrected chi connectivity index (χ4v) is 2.84. The van der Waals surface area contributed by atoms with Crippen LogP contribution >= 0.6 is 55.2 Å². The van der Waals surface area contributed by atoms with Crippen molar-refractivity contribution in [1.29, 1.82) is 0 Å². The monoisotopic (exact) mass is 317 g/mol. The zero-order chi connectivity index (χ0) is 8.43. The van der Waals surface area contributed by atoms with Crippen molar-refractivity contribution in [3.05, 3.63) is 26.1 Å². The van der Waals surface area contributed by atoms with Gasteiger partial charge in [-0.2, -0.15) is 0 Å². The van der Waals surface area contributed by atoms with Crippen molar-refractivity contribution in [2.24, 2.45) is 0 Å². The molecule has 0 atom stereocenters. The van der Waals surface area contributed by atoms with E-state index in [1.807, 2.05) is 6.07 Å². The normalized spacial score (nSPS) is 9.82. The highest BCUT2D eigenvalue weighted by atomic mass is 79.9. The Kier molecular flexibility index (Phi) is 3.50. The number of hydrogen-bond donors (Lipinski definition) is 1. The van der Waals surface area contributed by atoms with E-state index in [-0.39, 0.29) is 0 Å². The van der Waals surface area contributed by atoms with Crippen LogP contribution in [0.2, 0.25) is 5.02 Å². The van der Waals surface area contributed by atoms with E-state index in [4.69, 9.17) is 23.4 Å². The number of rotatable bonds is 1. The molecule has 0 aliphatic heterocycles. The summed E-state index contributed by atoms with van der Waals surface area (Å²) >= 11 is 17.8. The summed E-state index contributed by atoms with van der Waals surface area (Å²) in [4.78, 5) is 2.46. The molecule has 1 N–H and O–H groups in total. The number of hydrogen-bond acceptors (Lipinski definition) is 1. The predicted molar refractivity (Wildman–Crippen MR) is 56.3 cm³/mol. The minimum atomic E-state index is 0.571. The van der Waals surface area contributed by atoms with Crippen molar-refractivity contribution >= 4 is 60.9 Å². The van der Waals surface area contributed by atoms with Gasteiger partial charge in [-0.05, 0) is 28.1 Å². The molecule has 0 aromatic heterocycles. The van der Waals surface area contributed by atoms with Gasteiger partial charge in [-0.25, -0.2) is 0 Å². The van der Waals surface area contributed by atoms with Crippen LogP contribution in [0.15, 0.2) is 21.1 Å². The van der Waals surface area contributed by atoms with Crippen molar-refractivity contribution in [1.82, 2.24) is 0 Å². The van der Waals surface area contributed by atoms with Gasteiger partial charge in [0.2, 0.25) is 0 Å². The topological polar surface area (TPSA) is 12.0 Å². The summed E-state index contributed by atoms with van der Waals surface area (Å²) in [6.07, 6.45) is 0. The fraction of sp³-hybridized carbons (Fsp3) is 0. The lowest BCUT2D eigenvalue weighted by molar-refractivity contribution is 1.58. The van der Waals surface area contributed by atoms with E-state index in [1.165, 1.54) is 0 Å². The molecular formula is C6H3Br2Cl2N. The summed E-state index contributed by atoms with van der Waals surface area (Å²) in [5.41, 5.74) is 0.677. The quantitative estimate of drug-likeness (QED) is 0.755. The summed E-state index contributed by atoms with van der Waals surface area (Å²) in [5, 5.41) is 0.571. The molecule has 0 spiro atoms. The van der Waals surface area contributed by atoms with Crippen LogP contribution in [0.3, 0.4) is 0 Å². The average molecular weight is 320 g/mol. The summed E-state index contributed by atoms with van der Waals surface area (Å²) in [6.45, 7) is 0. The van der Waals surface area contributed by atoms with Gasteiger partial charge in [0, 0.05) is 20.7 Å². The van der Waals surface area contributed by atoms with Crippen LogP contribution in [0.5, 0.6) is 0 Å². The minimum absolute atomic E-state index is 0.571. The first-order chi connectivity index (χ1) is 5.15. The van der Waals surface area contributed by atoms with Gasteiger partial charge in [-0.1, -0.05) is 27.5 Å². The molecule has 0 amide bonds. The Morgan fingerprint density at radius 2 is 1.91 bits per heavy atom. The molecular weight excluding hydrogens is 317 g/mol. The first-order valence-corrected chi connectivity index (χ1v) is 5.00. The molecule has 0 aliphatic carbocycles. The lowest BCUT2D eigenvalue weighted by Crippen LogP contribution is -1.83. The zero-order valence-corrected chi connectivity index (χ0v) is 9.85. The molecule has 1 aromatic rings. The molecule has 1 rings (SSSR count). The molecule has 5 heteroatoms. The summed E-state index contributed by atoms with van der Waals surface area (Å²) in [5.74, 6) is 0. The largest absolute Gasteiger partial charge is 0.296 e. The Balaban J connectivity index is 3.25. The predicted octanol–water partition coefficient (Wildman–Crippen LogP) is 4.43. The van der Waals surface area contributed by atoms with Crippen molar-refractivity contribution < 1.29 is 0 Å². The smallest absolute Gasteiger partial charge is 0.0820 e. The Bertz CT molecular complexity index is 254. The van der Waals surface area contributed by atoms with Crippen LogP contribution in [0.1, 0.15) is 0 Å². The minimum Gasteiger partial charge on any atom is -0.296 e. The van der Waals surface area contributed by atoms with E-state index in [1.54, 1.807) is 6.07 Å². The molecule has 0 saturated carbocycles.